The molecular formula is C22H33ClO4S. The number of alkyl halides is 1. The van der Waals surface area contributed by atoms with E-state index >= 15 is 0 Å². The van der Waals surface area contributed by atoms with Crippen molar-refractivity contribution in [3.63, 3.8) is 0 Å². The zero-order chi connectivity index (χ0) is 20.5. The SMILES string of the molecule is CCCCC[C@@H](O)/C=C/[C@@H]1[C@@H](CCCc2ccc(C(=O)OC)s2)[C@H](Cl)C[C@H]1O. The van der Waals surface area contributed by atoms with Gasteiger partial charge >= 0.3 is 5.97 Å². The minimum atomic E-state index is -0.448. The van der Waals surface area contributed by atoms with E-state index in [1.807, 2.05) is 18.2 Å². The Balaban J connectivity index is 1.85. The van der Waals surface area contributed by atoms with Crippen LogP contribution in [-0.4, -0.2) is 40.9 Å². The highest BCUT2D eigenvalue weighted by Gasteiger charge is 2.39. The number of aryl methyl sites for hydroxylation is 1. The fraction of sp³-hybridized carbons (Fsp3) is 0.682. The lowest BCUT2D eigenvalue weighted by Gasteiger charge is -2.21. The molecular weight excluding hydrogens is 396 g/mol. The van der Waals surface area contributed by atoms with Gasteiger partial charge in [-0.2, -0.15) is 0 Å². The highest BCUT2D eigenvalue weighted by atomic mass is 35.5. The van der Waals surface area contributed by atoms with Gasteiger partial charge in [-0.1, -0.05) is 38.3 Å². The summed E-state index contributed by atoms with van der Waals surface area (Å²) >= 11 is 7.99. The van der Waals surface area contributed by atoms with Gasteiger partial charge in [0.15, 0.2) is 0 Å². The molecule has 28 heavy (non-hydrogen) atoms. The third-order valence-corrected chi connectivity index (χ3v) is 7.16. The maximum absolute atomic E-state index is 11.6. The number of rotatable bonds is 11. The van der Waals surface area contributed by atoms with Crippen LogP contribution in [0.3, 0.4) is 0 Å². The third-order valence-electron chi connectivity index (χ3n) is 5.54. The molecule has 0 spiro atoms. The Morgan fingerprint density at radius 1 is 1.39 bits per heavy atom. The number of unbranched alkanes of at least 4 members (excludes halogenated alkanes) is 2. The summed E-state index contributed by atoms with van der Waals surface area (Å²) in [4.78, 5) is 13.3. The van der Waals surface area contributed by atoms with E-state index in [1.54, 1.807) is 6.07 Å². The number of methoxy groups -OCH3 is 1. The number of thiophene rings is 1. The van der Waals surface area contributed by atoms with Crippen LogP contribution < -0.4 is 0 Å². The van der Waals surface area contributed by atoms with Crippen molar-refractivity contribution in [3.8, 4) is 0 Å². The largest absolute Gasteiger partial charge is 0.465 e. The lowest BCUT2D eigenvalue weighted by molar-refractivity contribution is 0.0606. The number of aliphatic hydroxyl groups is 2. The number of hydrogen-bond acceptors (Lipinski definition) is 5. The topological polar surface area (TPSA) is 66.8 Å². The van der Waals surface area contributed by atoms with E-state index in [2.05, 4.69) is 6.92 Å². The zero-order valence-corrected chi connectivity index (χ0v) is 18.4. The Labute approximate surface area is 177 Å². The van der Waals surface area contributed by atoms with Crippen molar-refractivity contribution in [2.45, 2.75) is 75.9 Å². The summed E-state index contributed by atoms with van der Waals surface area (Å²) in [6, 6.07) is 3.78. The summed E-state index contributed by atoms with van der Waals surface area (Å²) in [5.74, 6) is -0.0910. The predicted octanol–water partition coefficient (Wildman–Crippen LogP) is 4.96. The molecule has 0 aliphatic heterocycles. The number of hydrogen-bond donors (Lipinski definition) is 2. The molecule has 1 aromatic heterocycles. The maximum Gasteiger partial charge on any atom is 0.348 e. The van der Waals surface area contributed by atoms with Crippen LogP contribution in [0.25, 0.3) is 0 Å². The summed E-state index contributed by atoms with van der Waals surface area (Å²) in [5.41, 5.74) is 0. The first kappa shape index (κ1) is 23.4. The summed E-state index contributed by atoms with van der Waals surface area (Å²) < 4.78 is 4.75. The number of carbonyl (C=O) groups excluding carboxylic acids is 1. The molecule has 1 aliphatic rings. The summed E-state index contributed by atoms with van der Waals surface area (Å²) in [6.07, 6.45) is 10.3. The van der Waals surface area contributed by atoms with Gasteiger partial charge in [-0.25, -0.2) is 4.79 Å². The zero-order valence-electron chi connectivity index (χ0n) is 16.9. The van der Waals surface area contributed by atoms with E-state index < -0.39 is 12.2 Å². The van der Waals surface area contributed by atoms with Gasteiger partial charge in [-0.15, -0.1) is 22.9 Å². The van der Waals surface area contributed by atoms with Crippen LogP contribution in [0.2, 0.25) is 0 Å². The van der Waals surface area contributed by atoms with Gasteiger partial charge in [-0.05, 0) is 50.2 Å². The third kappa shape index (κ3) is 6.87. The van der Waals surface area contributed by atoms with E-state index in [4.69, 9.17) is 16.3 Å². The minimum Gasteiger partial charge on any atom is -0.465 e. The molecule has 1 aromatic rings. The molecule has 1 fully saturated rings. The Bertz CT molecular complexity index is 630. The van der Waals surface area contributed by atoms with Gasteiger partial charge in [0.25, 0.3) is 0 Å². The van der Waals surface area contributed by atoms with E-state index in [-0.39, 0.29) is 23.2 Å². The summed E-state index contributed by atoms with van der Waals surface area (Å²) in [5, 5.41) is 20.5. The van der Waals surface area contributed by atoms with Crippen LogP contribution in [0.4, 0.5) is 0 Å². The van der Waals surface area contributed by atoms with Crippen LogP contribution in [0, 0.1) is 11.8 Å². The lowest BCUT2D eigenvalue weighted by Crippen LogP contribution is -2.19. The molecule has 0 bridgehead atoms. The molecule has 0 radical (unpaired) electrons. The van der Waals surface area contributed by atoms with Gasteiger partial charge in [0.1, 0.15) is 4.88 Å². The molecule has 2 N–H and O–H groups in total. The molecule has 4 nitrogen and oxygen atoms in total. The molecule has 1 saturated carbocycles. The average Bonchev–Trinajstić information content (AvgIpc) is 3.24. The quantitative estimate of drug-likeness (QED) is 0.226. The summed E-state index contributed by atoms with van der Waals surface area (Å²) in [7, 11) is 1.39. The Morgan fingerprint density at radius 2 is 2.18 bits per heavy atom. The van der Waals surface area contributed by atoms with E-state index in [0.29, 0.717) is 11.3 Å². The molecule has 6 heteroatoms. The molecule has 0 unspecified atom stereocenters. The Kier molecular flexibility index (Phi) is 10.00. The summed E-state index contributed by atoms with van der Waals surface area (Å²) in [6.45, 7) is 2.15. The Morgan fingerprint density at radius 3 is 2.89 bits per heavy atom. The average molecular weight is 429 g/mol. The minimum absolute atomic E-state index is 0.00251. The van der Waals surface area contributed by atoms with Crippen molar-refractivity contribution >= 4 is 28.9 Å². The van der Waals surface area contributed by atoms with Crippen LogP contribution in [0.1, 0.15) is 66.4 Å². The van der Waals surface area contributed by atoms with Crippen molar-refractivity contribution in [2.24, 2.45) is 11.8 Å². The van der Waals surface area contributed by atoms with E-state index in [1.165, 1.54) is 18.4 Å². The molecule has 5 atom stereocenters. The van der Waals surface area contributed by atoms with Gasteiger partial charge in [0.2, 0.25) is 0 Å². The molecule has 0 saturated heterocycles. The first-order valence-electron chi connectivity index (χ1n) is 10.3. The monoisotopic (exact) mass is 428 g/mol. The number of esters is 1. The molecule has 0 amide bonds. The normalized spacial score (nSPS) is 26.0. The first-order valence-corrected chi connectivity index (χ1v) is 11.6. The fourth-order valence-corrected chi connectivity index (χ4v) is 5.37. The Hall–Kier alpha value is -0.880. The van der Waals surface area contributed by atoms with E-state index in [9.17, 15) is 15.0 Å². The standard InChI is InChI=1S/C22H33ClO4S/c1-3-4-5-7-15(24)10-12-18-17(19(23)14-20(18)25)9-6-8-16-11-13-21(28-16)22(26)27-2/h10-13,15,17-20,24-25H,3-9,14H2,1-2H3/b12-10+/t15-,17-,18-,19-,20-/m1/s1. The molecule has 0 aromatic carbocycles. The molecule has 1 heterocycles. The first-order chi connectivity index (χ1) is 13.5. The van der Waals surface area contributed by atoms with Crippen molar-refractivity contribution in [2.75, 3.05) is 7.11 Å². The van der Waals surface area contributed by atoms with Crippen LogP contribution in [-0.2, 0) is 11.2 Å². The fourth-order valence-electron chi connectivity index (χ4n) is 3.92. The highest BCUT2D eigenvalue weighted by molar-refractivity contribution is 7.13. The van der Waals surface area contributed by atoms with Gasteiger partial charge < -0.3 is 14.9 Å². The molecule has 2 rings (SSSR count). The molecule has 158 valence electrons. The number of ether oxygens (including phenoxy) is 1. The second-order valence-electron chi connectivity index (χ2n) is 7.66. The van der Waals surface area contributed by atoms with Gasteiger partial charge in [0.05, 0.1) is 19.3 Å². The maximum atomic E-state index is 11.6. The highest BCUT2D eigenvalue weighted by Crippen LogP contribution is 2.40. The van der Waals surface area contributed by atoms with Gasteiger partial charge in [-0.3, -0.25) is 0 Å². The van der Waals surface area contributed by atoms with Crippen LogP contribution in [0.5, 0.6) is 0 Å². The number of halogens is 1. The van der Waals surface area contributed by atoms with Crippen LogP contribution in [0.15, 0.2) is 24.3 Å². The second-order valence-corrected chi connectivity index (χ2v) is 9.39. The predicted molar refractivity (Wildman–Crippen MR) is 115 cm³/mol. The van der Waals surface area contributed by atoms with Crippen molar-refractivity contribution < 1.29 is 19.7 Å². The number of aliphatic hydroxyl groups excluding tert-OH is 2. The van der Waals surface area contributed by atoms with Crippen molar-refractivity contribution in [1.82, 2.24) is 0 Å². The van der Waals surface area contributed by atoms with Crippen LogP contribution >= 0.6 is 22.9 Å². The van der Waals surface area contributed by atoms with Crippen molar-refractivity contribution in [1.29, 1.82) is 0 Å². The number of carbonyl (C=O) groups is 1. The smallest absolute Gasteiger partial charge is 0.348 e. The van der Waals surface area contributed by atoms with Crippen molar-refractivity contribution in [3.05, 3.63) is 34.0 Å². The van der Waals surface area contributed by atoms with E-state index in [0.717, 1.165) is 49.8 Å². The van der Waals surface area contributed by atoms with Gasteiger partial charge in [0, 0.05) is 16.2 Å². The molecule has 1 aliphatic carbocycles. The lowest BCUT2D eigenvalue weighted by atomic mass is 9.89. The second kappa shape index (κ2) is 12.0.